The number of hydrogen-bond acceptors (Lipinski definition) is 16. The molecule has 0 saturated carbocycles. The second-order valence-corrected chi connectivity index (χ2v) is 5.37. The Morgan fingerprint density at radius 1 is 0.310 bits per heavy atom. The van der Waals surface area contributed by atoms with Crippen LogP contribution in [-0.4, -0.2) is 0 Å². The maximum absolute atomic E-state index is 8.55. The monoisotopic (exact) mass is 910 g/mol. The summed E-state index contributed by atoms with van der Waals surface area (Å²) in [5.41, 5.74) is 0. The standard InChI is InChI=1S/3Mn.3Ni.4H3O4P.3Zn/c;;;;;;4*1-5(2,3)4;;;/h;;;;;;4*(H3,1,2,3,4);;;/q3*+2;;;;;;;;3*+2/p-12. The van der Waals surface area contributed by atoms with Crippen molar-refractivity contribution in [1.82, 2.24) is 0 Å². The molecule has 0 spiro atoms. The molecule has 0 aromatic carbocycles. The van der Waals surface area contributed by atoms with E-state index in [2.05, 4.69) is 0 Å². The van der Waals surface area contributed by atoms with E-state index in [4.69, 9.17) is 77.0 Å². The zero-order valence-electron chi connectivity index (χ0n) is 12.5. The average molecular weight is 917 g/mol. The van der Waals surface area contributed by atoms with Crippen molar-refractivity contribution < 1.29 is 236 Å². The molecular weight excluding hydrogens is 917 g/mol. The first-order valence-electron chi connectivity index (χ1n) is 2.92. The first-order chi connectivity index (χ1) is 8.00. The predicted molar refractivity (Wildman–Crippen MR) is 30.4 cm³/mol. The van der Waals surface area contributed by atoms with E-state index in [1.807, 2.05) is 0 Å². The fourth-order valence-corrected chi connectivity index (χ4v) is 0. The Kier molecular flexibility index (Phi) is 117. The molecule has 0 saturated heterocycles. The van der Waals surface area contributed by atoms with Gasteiger partial charge in [0.1, 0.15) is 0 Å². The van der Waals surface area contributed by atoms with E-state index >= 15 is 0 Å². The maximum atomic E-state index is 8.55. The van der Waals surface area contributed by atoms with Gasteiger partial charge in [0.25, 0.3) is 0 Å². The molecule has 0 fully saturated rings. The summed E-state index contributed by atoms with van der Waals surface area (Å²) in [5.74, 6) is 0. The molecule has 0 N–H and O–H groups in total. The van der Waals surface area contributed by atoms with Crippen LogP contribution >= 0.6 is 31.3 Å². The minimum atomic E-state index is -5.39. The Labute approximate surface area is 264 Å². The molecule has 173 valence electrons. The van der Waals surface area contributed by atoms with Crippen LogP contribution in [0.2, 0.25) is 0 Å². The van der Waals surface area contributed by atoms with Crippen LogP contribution in [0.5, 0.6) is 0 Å². The van der Waals surface area contributed by atoms with E-state index < -0.39 is 31.3 Å². The summed E-state index contributed by atoms with van der Waals surface area (Å²) in [6, 6.07) is 0. The van der Waals surface area contributed by atoms with E-state index in [-0.39, 0.29) is 159 Å². The van der Waals surface area contributed by atoms with Crippen molar-refractivity contribution >= 4 is 31.3 Å². The number of phosphoric acid groups is 4. The molecule has 0 aliphatic rings. The molecule has 0 bridgehead atoms. The second-order valence-electron chi connectivity index (χ2n) is 1.79. The summed E-state index contributed by atoms with van der Waals surface area (Å²) in [6.45, 7) is 0. The molecule has 0 aliphatic heterocycles. The van der Waals surface area contributed by atoms with Gasteiger partial charge in [0.15, 0.2) is 0 Å². The zero-order chi connectivity index (χ0) is 18.0. The summed E-state index contributed by atoms with van der Waals surface area (Å²) in [4.78, 5) is 103. The SMILES string of the molecule is O=P([O-])([O-])[O-].O=P([O-])([O-])[O-].O=P([O-])([O-])[O-].O=P([O-])([O-])[O-].[Mn+2].[Mn+2].[Mn+2].[Ni].[Ni].[Ni].[Zn+2].[Zn+2].[Zn+2]. The normalized spacial score (nSPS) is 8.14. The van der Waals surface area contributed by atoms with Gasteiger partial charge < -0.3 is 77.0 Å². The minimum absolute atomic E-state index is 0. The van der Waals surface area contributed by atoms with E-state index in [9.17, 15) is 0 Å². The van der Waals surface area contributed by atoms with Crippen molar-refractivity contribution in [1.29, 1.82) is 0 Å². The summed E-state index contributed by atoms with van der Waals surface area (Å²) >= 11 is 0. The van der Waals surface area contributed by atoms with Crippen LogP contribution < -0.4 is 58.7 Å². The molecule has 0 heterocycles. The molecule has 0 amide bonds. The Hall–Kier alpha value is 5.35. The second kappa shape index (κ2) is 40.5. The summed E-state index contributed by atoms with van der Waals surface area (Å²) in [6.07, 6.45) is 0. The molecule has 29 heteroatoms. The van der Waals surface area contributed by atoms with Crippen molar-refractivity contribution in [2.24, 2.45) is 0 Å². The van der Waals surface area contributed by atoms with Crippen molar-refractivity contribution in [3.8, 4) is 0 Å². The van der Waals surface area contributed by atoms with Crippen LogP contribution in [0.1, 0.15) is 0 Å². The Morgan fingerprint density at radius 3 is 0.310 bits per heavy atom. The first-order valence-corrected chi connectivity index (χ1v) is 8.76. The molecule has 0 aromatic heterocycles. The zero-order valence-corrected chi connectivity index (χ0v) is 31.5. The van der Waals surface area contributed by atoms with Crippen molar-refractivity contribution in [3.05, 3.63) is 0 Å². The van der Waals surface area contributed by atoms with Gasteiger partial charge in [0, 0.05) is 49.5 Å². The van der Waals surface area contributed by atoms with Gasteiger partial charge in [-0.15, -0.1) is 0 Å². The van der Waals surface area contributed by atoms with E-state index in [0.717, 1.165) is 0 Å². The van der Waals surface area contributed by atoms with Gasteiger partial charge >= 0.3 is 110 Å². The fraction of sp³-hybridized carbons (Fsp3) is 0. The van der Waals surface area contributed by atoms with Crippen LogP contribution in [0.25, 0.3) is 0 Å². The van der Waals surface area contributed by atoms with Gasteiger partial charge in [-0.1, -0.05) is 0 Å². The molecule has 3 radical (unpaired) electrons. The molecule has 0 aromatic rings. The maximum Gasteiger partial charge on any atom is 2.00 e. The van der Waals surface area contributed by atoms with Crippen LogP contribution in [0.4, 0.5) is 0 Å². The Balaban J connectivity index is -0.00000000970. The van der Waals surface area contributed by atoms with Crippen LogP contribution in [0, 0.1) is 0 Å². The smallest absolute Gasteiger partial charge is 0.822 e. The average Bonchev–Trinajstić information content (AvgIpc) is 1.62. The Bertz CT molecular complexity index is 319. The summed E-state index contributed by atoms with van der Waals surface area (Å²) in [5, 5.41) is 0. The molecule has 16 nitrogen and oxygen atoms in total. The van der Waals surface area contributed by atoms with Gasteiger partial charge in [-0.25, -0.2) is 0 Å². The van der Waals surface area contributed by atoms with Gasteiger partial charge in [-0.05, 0) is 0 Å². The molecule has 0 unspecified atom stereocenters. The third-order valence-electron chi connectivity index (χ3n) is 0. The Morgan fingerprint density at radius 2 is 0.310 bits per heavy atom. The van der Waals surface area contributed by atoms with Crippen molar-refractivity contribution in [2.75, 3.05) is 0 Å². The topological polar surface area (TPSA) is 345 Å². The molecular formula is Mn3Ni3O16P4Zn3. The number of rotatable bonds is 0. The summed E-state index contributed by atoms with van der Waals surface area (Å²) < 4.78 is 34.2. The van der Waals surface area contributed by atoms with E-state index in [1.165, 1.54) is 0 Å². The van der Waals surface area contributed by atoms with Crippen molar-refractivity contribution in [3.63, 3.8) is 0 Å². The van der Waals surface area contributed by atoms with Crippen molar-refractivity contribution in [2.45, 2.75) is 0 Å². The van der Waals surface area contributed by atoms with Crippen LogP contribution in [0.3, 0.4) is 0 Å². The quantitative estimate of drug-likeness (QED) is 0.161. The third-order valence-corrected chi connectivity index (χ3v) is 0. The molecule has 0 rings (SSSR count). The predicted octanol–water partition coefficient (Wildman–Crippen LogP) is -11.3. The third kappa shape index (κ3) is 1150. The number of hydrogen-bond donors (Lipinski definition) is 0. The molecule has 29 heavy (non-hydrogen) atoms. The summed E-state index contributed by atoms with van der Waals surface area (Å²) in [7, 11) is -21.6. The van der Waals surface area contributed by atoms with Gasteiger partial charge in [-0.2, -0.15) is 31.3 Å². The fourth-order valence-electron chi connectivity index (χ4n) is 0. The molecule has 0 aliphatic carbocycles. The molecule has 0 atom stereocenters. The van der Waals surface area contributed by atoms with Gasteiger partial charge in [0.05, 0.1) is 0 Å². The van der Waals surface area contributed by atoms with E-state index in [1.54, 1.807) is 0 Å². The van der Waals surface area contributed by atoms with Gasteiger partial charge in [-0.3, -0.25) is 0 Å². The largest absolute Gasteiger partial charge is 2.00 e. The first kappa shape index (κ1) is 83.8. The van der Waals surface area contributed by atoms with E-state index in [0.29, 0.717) is 0 Å². The van der Waals surface area contributed by atoms with Gasteiger partial charge in [0.2, 0.25) is 0 Å². The van der Waals surface area contributed by atoms with Crippen LogP contribution in [0.15, 0.2) is 0 Å². The van der Waals surface area contributed by atoms with Crippen LogP contribution in [-0.2, 0) is 177 Å². The minimum Gasteiger partial charge on any atom is -0.822 e.